The van der Waals surface area contributed by atoms with Gasteiger partial charge in [0.1, 0.15) is 17.3 Å². The molecule has 0 amide bonds. The van der Waals surface area contributed by atoms with Gasteiger partial charge in [0.15, 0.2) is 0 Å². The molecular formula is C13H19N3O4S. The summed E-state index contributed by atoms with van der Waals surface area (Å²) in [5.74, 6) is -0.0371. The van der Waals surface area contributed by atoms with Crippen molar-refractivity contribution in [2.45, 2.75) is 18.9 Å². The van der Waals surface area contributed by atoms with Crippen molar-refractivity contribution in [1.82, 2.24) is 0 Å². The molecule has 116 valence electrons. The summed E-state index contributed by atoms with van der Waals surface area (Å²) in [4.78, 5) is 0. The molecule has 0 aliphatic carbocycles. The second-order valence-electron chi connectivity index (χ2n) is 4.82. The fourth-order valence-electron chi connectivity index (χ4n) is 2.25. The Hall–Kier alpha value is -1.80. The van der Waals surface area contributed by atoms with Gasteiger partial charge in [-0.3, -0.25) is 10.1 Å². The number of rotatable bonds is 6. The summed E-state index contributed by atoms with van der Waals surface area (Å²) in [5.41, 5.74) is 5.96. The first-order valence-electron chi connectivity index (χ1n) is 6.56. The van der Waals surface area contributed by atoms with Gasteiger partial charge in [0.25, 0.3) is 0 Å². The summed E-state index contributed by atoms with van der Waals surface area (Å²) in [6.45, 7) is 0.591. The standard InChI is InChI=1S/C13H19N3O4S/c1-19-11-6-2-5-10(13(14)15)12(11)16-21(17,18)8-9-4-3-7-20-9/h2,5-6,9,16H,3-4,7-8H2,1H3,(H3,14,15). The smallest absolute Gasteiger partial charge is 0.235 e. The second kappa shape index (κ2) is 6.31. The molecule has 7 nitrogen and oxygen atoms in total. The van der Waals surface area contributed by atoms with Gasteiger partial charge in [-0.25, -0.2) is 8.42 Å². The SMILES string of the molecule is COc1cccc(C(=N)N)c1NS(=O)(=O)CC1CCCO1. The normalized spacial score (nSPS) is 18.4. The first-order chi connectivity index (χ1) is 9.93. The minimum absolute atomic E-state index is 0.123. The van der Waals surface area contributed by atoms with Crippen molar-refractivity contribution in [1.29, 1.82) is 5.41 Å². The van der Waals surface area contributed by atoms with E-state index in [1.54, 1.807) is 18.2 Å². The highest BCUT2D eigenvalue weighted by atomic mass is 32.2. The fourth-order valence-corrected chi connectivity index (χ4v) is 3.61. The number of nitrogen functional groups attached to an aromatic ring is 1. The van der Waals surface area contributed by atoms with E-state index in [1.807, 2.05) is 0 Å². The zero-order valence-electron chi connectivity index (χ0n) is 11.8. The van der Waals surface area contributed by atoms with Crippen molar-refractivity contribution in [2.75, 3.05) is 24.2 Å². The quantitative estimate of drug-likeness (QED) is 0.533. The number of methoxy groups -OCH3 is 1. The van der Waals surface area contributed by atoms with Crippen molar-refractivity contribution in [3.05, 3.63) is 23.8 Å². The lowest BCUT2D eigenvalue weighted by molar-refractivity contribution is 0.127. The minimum atomic E-state index is -3.61. The van der Waals surface area contributed by atoms with Gasteiger partial charge < -0.3 is 15.2 Å². The highest BCUT2D eigenvalue weighted by Crippen LogP contribution is 2.29. The monoisotopic (exact) mass is 313 g/mol. The number of ether oxygens (including phenoxy) is 2. The van der Waals surface area contributed by atoms with Crippen LogP contribution >= 0.6 is 0 Å². The summed E-state index contributed by atoms with van der Waals surface area (Å²) >= 11 is 0. The van der Waals surface area contributed by atoms with Crippen LogP contribution in [0.4, 0.5) is 5.69 Å². The molecular weight excluding hydrogens is 294 g/mol. The lowest BCUT2D eigenvalue weighted by Crippen LogP contribution is -2.27. The van der Waals surface area contributed by atoms with Gasteiger partial charge >= 0.3 is 0 Å². The van der Waals surface area contributed by atoms with E-state index in [2.05, 4.69) is 4.72 Å². The average Bonchev–Trinajstić information content (AvgIpc) is 2.90. The third kappa shape index (κ3) is 3.85. The predicted octanol–water partition coefficient (Wildman–Crippen LogP) is 0.900. The van der Waals surface area contributed by atoms with E-state index in [0.717, 1.165) is 12.8 Å². The van der Waals surface area contributed by atoms with Gasteiger partial charge in [0.2, 0.25) is 10.0 Å². The molecule has 1 heterocycles. The van der Waals surface area contributed by atoms with Gasteiger partial charge in [0.05, 0.1) is 19.0 Å². The molecule has 8 heteroatoms. The molecule has 2 rings (SSSR count). The van der Waals surface area contributed by atoms with Crippen LogP contribution in [-0.2, 0) is 14.8 Å². The lowest BCUT2D eigenvalue weighted by Gasteiger charge is -2.17. The van der Waals surface area contributed by atoms with Gasteiger partial charge in [-0.2, -0.15) is 0 Å². The second-order valence-corrected chi connectivity index (χ2v) is 6.58. The van der Waals surface area contributed by atoms with Crippen molar-refractivity contribution in [3.63, 3.8) is 0 Å². The van der Waals surface area contributed by atoms with E-state index in [9.17, 15) is 8.42 Å². The Kier molecular flexibility index (Phi) is 4.69. The number of nitrogens with one attached hydrogen (secondary N) is 2. The maximum absolute atomic E-state index is 12.2. The summed E-state index contributed by atoms with van der Waals surface area (Å²) in [6, 6.07) is 4.82. The van der Waals surface area contributed by atoms with Crippen LogP contribution in [0.1, 0.15) is 18.4 Å². The van der Waals surface area contributed by atoms with E-state index in [1.165, 1.54) is 7.11 Å². The summed E-state index contributed by atoms with van der Waals surface area (Å²) < 4.78 is 37.4. The number of amidine groups is 1. The predicted molar refractivity (Wildman–Crippen MR) is 80.4 cm³/mol. The number of anilines is 1. The molecule has 4 N–H and O–H groups in total. The average molecular weight is 313 g/mol. The third-order valence-electron chi connectivity index (χ3n) is 3.22. The molecule has 0 saturated carbocycles. The summed E-state index contributed by atoms with van der Waals surface area (Å²) in [7, 11) is -2.19. The van der Waals surface area contributed by atoms with Crippen LogP contribution in [0.3, 0.4) is 0 Å². The van der Waals surface area contributed by atoms with Crippen molar-refractivity contribution < 1.29 is 17.9 Å². The molecule has 1 fully saturated rings. The topological polar surface area (TPSA) is 114 Å². The van der Waals surface area contributed by atoms with E-state index < -0.39 is 10.0 Å². The van der Waals surface area contributed by atoms with Crippen LogP contribution < -0.4 is 15.2 Å². The Balaban J connectivity index is 2.26. The molecule has 0 bridgehead atoms. The summed E-state index contributed by atoms with van der Waals surface area (Å²) in [5, 5.41) is 7.54. The van der Waals surface area contributed by atoms with E-state index in [4.69, 9.17) is 20.6 Å². The third-order valence-corrected chi connectivity index (χ3v) is 4.55. The zero-order valence-corrected chi connectivity index (χ0v) is 12.6. The van der Waals surface area contributed by atoms with E-state index in [0.29, 0.717) is 12.4 Å². The molecule has 1 aromatic rings. The number of nitrogens with two attached hydrogens (primary N) is 1. The maximum Gasteiger partial charge on any atom is 0.235 e. The van der Waals surface area contributed by atoms with Crippen molar-refractivity contribution >= 4 is 21.5 Å². The van der Waals surface area contributed by atoms with Gasteiger partial charge in [-0.15, -0.1) is 0 Å². The number of para-hydroxylation sites is 1. The molecule has 1 aliphatic rings. The van der Waals surface area contributed by atoms with Crippen LogP contribution in [0.5, 0.6) is 5.75 Å². The van der Waals surface area contributed by atoms with Gasteiger partial charge in [-0.05, 0) is 25.0 Å². The Morgan fingerprint density at radius 3 is 2.90 bits per heavy atom. The van der Waals surface area contributed by atoms with Crippen LogP contribution in [0.2, 0.25) is 0 Å². The van der Waals surface area contributed by atoms with Gasteiger partial charge in [-0.1, -0.05) is 6.07 Å². The molecule has 1 aliphatic heterocycles. The highest BCUT2D eigenvalue weighted by Gasteiger charge is 2.25. The first-order valence-corrected chi connectivity index (χ1v) is 8.21. The largest absolute Gasteiger partial charge is 0.495 e. The molecule has 1 aromatic carbocycles. The Bertz CT molecular complexity index is 624. The molecule has 1 unspecified atom stereocenters. The molecule has 0 spiro atoms. The molecule has 0 aromatic heterocycles. The minimum Gasteiger partial charge on any atom is -0.495 e. The fraction of sp³-hybridized carbons (Fsp3) is 0.462. The lowest BCUT2D eigenvalue weighted by atomic mass is 10.1. The maximum atomic E-state index is 12.2. The molecule has 1 atom stereocenters. The van der Waals surface area contributed by atoms with Crippen LogP contribution in [0.15, 0.2) is 18.2 Å². The van der Waals surface area contributed by atoms with Gasteiger partial charge in [0, 0.05) is 12.2 Å². The Morgan fingerprint density at radius 2 is 2.33 bits per heavy atom. The van der Waals surface area contributed by atoms with Crippen molar-refractivity contribution in [2.24, 2.45) is 5.73 Å². The molecule has 0 radical (unpaired) electrons. The molecule has 21 heavy (non-hydrogen) atoms. The highest BCUT2D eigenvalue weighted by molar-refractivity contribution is 7.92. The van der Waals surface area contributed by atoms with E-state index >= 15 is 0 Å². The van der Waals surface area contributed by atoms with Crippen LogP contribution in [-0.4, -0.2) is 39.8 Å². The Morgan fingerprint density at radius 1 is 1.57 bits per heavy atom. The number of hydrogen-bond acceptors (Lipinski definition) is 5. The molecule has 1 saturated heterocycles. The van der Waals surface area contributed by atoms with Crippen LogP contribution in [0, 0.1) is 5.41 Å². The summed E-state index contributed by atoms with van der Waals surface area (Å²) in [6.07, 6.45) is 1.30. The number of sulfonamides is 1. The number of hydrogen-bond donors (Lipinski definition) is 3. The Labute approximate surface area is 124 Å². The van der Waals surface area contributed by atoms with Crippen LogP contribution in [0.25, 0.3) is 0 Å². The number of benzene rings is 1. The van der Waals surface area contributed by atoms with E-state index in [-0.39, 0.29) is 28.9 Å². The first kappa shape index (κ1) is 15.6. The zero-order chi connectivity index (χ0) is 15.5. The van der Waals surface area contributed by atoms with Crippen molar-refractivity contribution in [3.8, 4) is 5.75 Å².